The van der Waals surface area contributed by atoms with E-state index in [2.05, 4.69) is 36.0 Å². The van der Waals surface area contributed by atoms with Crippen LogP contribution < -0.4 is 10.6 Å². The van der Waals surface area contributed by atoms with Crippen LogP contribution in [0.3, 0.4) is 0 Å². The first kappa shape index (κ1) is 14.3. The average Bonchev–Trinajstić information content (AvgIpc) is 3.12. The Kier molecular flexibility index (Phi) is 3.31. The molecule has 2 saturated heterocycles. The minimum absolute atomic E-state index is 0.252. The highest BCUT2D eigenvalue weighted by Gasteiger charge is 2.49. The van der Waals surface area contributed by atoms with E-state index in [4.69, 9.17) is 10.5 Å². The van der Waals surface area contributed by atoms with E-state index in [1.807, 2.05) is 4.40 Å². The van der Waals surface area contributed by atoms with Crippen LogP contribution in [0.25, 0.3) is 5.65 Å². The molecule has 0 unspecified atom stereocenters. The van der Waals surface area contributed by atoms with Crippen LogP contribution >= 0.6 is 15.9 Å². The number of hydrogen-bond acceptors (Lipinski definition) is 6. The van der Waals surface area contributed by atoms with Gasteiger partial charge in [0.25, 0.3) is 0 Å². The molecular weight excluding hydrogens is 355 g/mol. The molecule has 2 fully saturated rings. The summed E-state index contributed by atoms with van der Waals surface area (Å²) < 4.78 is 21.3. The van der Waals surface area contributed by atoms with Crippen LogP contribution in [0.1, 0.15) is 12.8 Å². The summed E-state index contributed by atoms with van der Waals surface area (Å²) in [6.45, 7) is 1.91. The molecule has 22 heavy (non-hydrogen) atoms. The van der Waals surface area contributed by atoms with Crippen molar-refractivity contribution in [3.63, 3.8) is 0 Å². The van der Waals surface area contributed by atoms with E-state index in [9.17, 15) is 4.39 Å². The Bertz CT molecular complexity index is 701. The van der Waals surface area contributed by atoms with Gasteiger partial charge >= 0.3 is 0 Å². The Morgan fingerprint density at radius 3 is 2.86 bits per heavy atom. The van der Waals surface area contributed by atoms with E-state index >= 15 is 0 Å². The number of alkyl halides is 1. The maximum Gasteiger partial charge on any atom is 0.214 e. The van der Waals surface area contributed by atoms with Crippen molar-refractivity contribution >= 4 is 27.5 Å². The zero-order valence-electron chi connectivity index (χ0n) is 11.8. The Morgan fingerprint density at radius 1 is 1.41 bits per heavy atom. The third kappa shape index (κ3) is 2.03. The van der Waals surface area contributed by atoms with E-state index in [-0.39, 0.29) is 5.41 Å². The second-order valence-electron chi connectivity index (χ2n) is 5.97. The van der Waals surface area contributed by atoms with Gasteiger partial charge in [0.1, 0.15) is 6.33 Å². The van der Waals surface area contributed by atoms with Gasteiger partial charge in [0.05, 0.1) is 17.1 Å². The van der Waals surface area contributed by atoms with Gasteiger partial charge in [-0.05, 0) is 28.8 Å². The predicted octanol–water partition coefficient (Wildman–Crippen LogP) is 1.13. The smallest absolute Gasteiger partial charge is 0.214 e. The number of nitrogens with two attached hydrogens (primary N) is 1. The Hall–Kier alpha value is -1.32. The van der Waals surface area contributed by atoms with Gasteiger partial charge in [-0.25, -0.2) is 13.8 Å². The lowest BCUT2D eigenvalue weighted by atomic mass is 9.75. The van der Waals surface area contributed by atoms with E-state index in [0.717, 1.165) is 42.0 Å². The number of rotatable bonds is 1. The highest BCUT2D eigenvalue weighted by Crippen LogP contribution is 2.42. The lowest BCUT2D eigenvalue weighted by Gasteiger charge is -2.41. The fourth-order valence-corrected chi connectivity index (χ4v) is 3.74. The van der Waals surface area contributed by atoms with Gasteiger partial charge in [-0.2, -0.15) is 0 Å². The van der Waals surface area contributed by atoms with Gasteiger partial charge < -0.3 is 15.4 Å². The molecule has 0 radical (unpaired) electrons. The van der Waals surface area contributed by atoms with E-state index in [0.29, 0.717) is 6.61 Å². The maximum atomic E-state index is 13.6. The Balaban J connectivity index is 1.59. The van der Waals surface area contributed by atoms with E-state index in [1.54, 1.807) is 12.5 Å². The molecule has 0 saturated carbocycles. The standard InChI is InChI=1S/C13H16BrFN6O/c14-8-5-17-12(21-7-18-19-11(8)21)20-3-1-13(2-4-20)6-22-10(15)9(13)16/h5,7,9-10H,1-4,6,16H2/t9-,10-/m1/s1. The lowest BCUT2D eigenvalue weighted by molar-refractivity contribution is 0.0000457. The van der Waals surface area contributed by atoms with Gasteiger partial charge in [0.2, 0.25) is 12.3 Å². The summed E-state index contributed by atoms with van der Waals surface area (Å²) in [7, 11) is 0. The molecule has 2 N–H and O–H groups in total. The van der Waals surface area contributed by atoms with E-state index in [1.165, 1.54) is 0 Å². The topological polar surface area (TPSA) is 81.6 Å². The van der Waals surface area contributed by atoms with Gasteiger partial charge in [0, 0.05) is 24.7 Å². The molecule has 9 heteroatoms. The molecule has 4 heterocycles. The molecule has 118 valence electrons. The number of fused-ring (bicyclic) bond motifs is 1. The number of hydrogen-bond donors (Lipinski definition) is 1. The normalized spacial score (nSPS) is 27.9. The third-order valence-electron chi connectivity index (χ3n) is 4.83. The molecule has 2 aromatic rings. The van der Waals surface area contributed by atoms with Crippen molar-refractivity contribution in [3.8, 4) is 0 Å². The zero-order valence-corrected chi connectivity index (χ0v) is 13.4. The maximum absolute atomic E-state index is 13.6. The molecule has 0 aliphatic carbocycles. The fraction of sp³-hybridized carbons (Fsp3) is 0.615. The first-order valence-electron chi connectivity index (χ1n) is 7.21. The number of nitrogens with zero attached hydrogens (tertiary/aromatic N) is 5. The van der Waals surface area contributed by atoms with Crippen LogP contribution in [0.4, 0.5) is 10.3 Å². The first-order chi connectivity index (χ1) is 10.6. The molecule has 0 aromatic carbocycles. The highest BCUT2D eigenvalue weighted by atomic mass is 79.9. The number of aromatic nitrogens is 4. The fourth-order valence-electron chi connectivity index (χ4n) is 3.37. The zero-order chi connectivity index (χ0) is 15.3. The number of halogens is 2. The molecule has 2 atom stereocenters. The van der Waals surface area contributed by atoms with Crippen LogP contribution in [-0.4, -0.2) is 51.7 Å². The number of anilines is 1. The van der Waals surface area contributed by atoms with Crippen molar-refractivity contribution in [1.82, 2.24) is 19.6 Å². The van der Waals surface area contributed by atoms with Crippen LogP contribution in [0.2, 0.25) is 0 Å². The molecule has 2 aliphatic rings. The molecule has 1 spiro atoms. The van der Waals surface area contributed by atoms with Gasteiger partial charge in [-0.1, -0.05) is 0 Å². The minimum atomic E-state index is -1.35. The largest absolute Gasteiger partial charge is 0.346 e. The van der Waals surface area contributed by atoms with Crippen LogP contribution in [0, 0.1) is 5.41 Å². The number of ether oxygens (including phenoxy) is 1. The van der Waals surface area contributed by atoms with Crippen molar-refractivity contribution in [2.45, 2.75) is 25.2 Å². The summed E-state index contributed by atoms with van der Waals surface area (Å²) in [6.07, 6.45) is 3.61. The summed E-state index contributed by atoms with van der Waals surface area (Å²) >= 11 is 3.42. The second-order valence-corrected chi connectivity index (χ2v) is 6.82. The van der Waals surface area contributed by atoms with Crippen molar-refractivity contribution in [3.05, 3.63) is 17.0 Å². The van der Waals surface area contributed by atoms with Crippen molar-refractivity contribution in [1.29, 1.82) is 0 Å². The summed E-state index contributed by atoms with van der Waals surface area (Å²) in [5.41, 5.74) is 6.48. The summed E-state index contributed by atoms with van der Waals surface area (Å²) in [4.78, 5) is 6.64. The highest BCUT2D eigenvalue weighted by molar-refractivity contribution is 9.10. The molecular formula is C13H16BrFN6O. The van der Waals surface area contributed by atoms with Gasteiger partial charge in [-0.15, -0.1) is 10.2 Å². The van der Waals surface area contributed by atoms with Crippen molar-refractivity contribution in [2.24, 2.45) is 11.1 Å². The first-order valence-corrected chi connectivity index (χ1v) is 8.00. The van der Waals surface area contributed by atoms with Gasteiger partial charge in [-0.3, -0.25) is 0 Å². The van der Waals surface area contributed by atoms with Crippen LogP contribution in [0.5, 0.6) is 0 Å². The second kappa shape index (κ2) is 5.10. The molecule has 2 aliphatic heterocycles. The monoisotopic (exact) mass is 370 g/mol. The third-order valence-corrected chi connectivity index (χ3v) is 5.39. The van der Waals surface area contributed by atoms with Crippen LogP contribution in [0.15, 0.2) is 17.0 Å². The molecule has 2 aromatic heterocycles. The predicted molar refractivity (Wildman–Crippen MR) is 81.2 cm³/mol. The number of piperidine rings is 1. The minimum Gasteiger partial charge on any atom is -0.346 e. The summed E-state index contributed by atoms with van der Waals surface area (Å²) in [5, 5.41) is 8.01. The average molecular weight is 371 g/mol. The summed E-state index contributed by atoms with van der Waals surface area (Å²) in [5.74, 6) is 0.794. The van der Waals surface area contributed by atoms with Crippen molar-refractivity contribution < 1.29 is 9.13 Å². The SMILES string of the molecule is N[C@@H]1[C@H](F)OCC12CCN(c1ncc(Br)c3nncn13)CC2. The molecule has 4 rings (SSSR count). The van der Waals surface area contributed by atoms with Gasteiger partial charge in [0.15, 0.2) is 5.65 Å². The molecule has 0 bridgehead atoms. The quantitative estimate of drug-likeness (QED) is 0.810. The van der Waals surface area contributed by atoms with Crippen molar-refractivity contribution in [2.75, 3.05) is 24.6 Å². The Labute approximate surface area is 134 Å². The molecule has 7 nitrogen and oxygen atoms in total. The lowest BCUT2D eigenvalue weighted by Crippen LogP contribution is -2.50. The van der Waals surface area contributed by atoms with E-state index < -0.39 is 12.4 Å². The van der Waals surface area contributed by atoms with Crippen LogP contribution in [-0.2, 0) is 4.74 Å². The Morgan fingerprint density at radius 2 is 2.18 bits per heavy atom. The summed E-state index contributed by atoms with van der Waals surface area (Å²) in [6, 6.07) is -0.539. The molecule has 0 amide bonds.